The minimum Gasteiger partial charge on any atom is -0.457 e. The molecule has 6 aromatic carbocycles. The van der Waals surface area contributed by atoms with Crippen molar-refractivity contribution in [1.82, 2.24) is 0 Å². The minimum atomic E-state index is -0.0574. The van der Waals surface area contributed by atoms with Gasteiger partial charge in [-0.1, -0.05) is 83.9 Å². The van der Waals surface area contributed by atoms with E-state index in [1.165, 1.54) is 22.3 Å². The monoisotopic (exact) mass is 546 g/mol. The highest BCUT2D eigenvalue weighted by Crippen LogP contribution is 2.28. The fourth-order valence-corrected chi connectivity index (χ4v) is 4.71. The van der Waals surface area contributed by atoms with E-state index in [9.17, 15) is 4.79 Å². The summed E-state index contributed by atoms with van der Waals surface area (Å²) in [5.41, 5.74) is 8.27. The largest absolute Gasteiger partial charge is 0.457 e. The van der Waals surface area contributed by atoms with Gasteiger partial charge in [0.15, 0.2) is 5.78 Å². The Kier molecular flexibility index (Phi) is 7.65. The van der Waals surface area contributed by atoms with Crippen LogP contribution in [0.25, 0.3) is 22.3 Å². The minimum absolute atomic E-state index is 0.0574. The third-order valence-electron chi connectivity index (χ3n) is 7.18. The van der Waals surface area contributed by atoms with Crippen LogP contribution in [0.2, 0.25) is 0 Å². The first kappa shape index (κ1) is 26.8. The molecule has 6 rings (SSSR count). The fraction of sp³-hybridized carbons (Fsp3) is 0.0513. The number of carbonyl (C=O) groups is 1. The number of hydrogen-bond donors (Lipinski definition) is 0. The smallest absolute Gasteiger partial charge is 0.193 e. The van der Waals surface area contributed by atoms with E-state index in [0.717, 1.165) is 22.6 Å². The normalized spacial score (nSPS) is 10.7. The molecule has 0 bridgehead atoms. The van der Waals surface area contributed by atoms with E-state index in [1.807, 2.05) is 72.8 Å². The van der Waals surface area contributed by atoms with Crippen LogP contribution in [0.3, 0.4) is 0 Å². The zero-order valence-electron chi connectivity index (χ0n) is 23.6. The number of aryl methyl sites for hydroxylation is 2. The molecule has 0 heterocycles. The molecule has 0 aliphatic heterocycles. The number of carbonyl (C=O) groups excluding carboxylic acids is 1. The van der Waals surface area contributed by atoms with Crippen LogP contribution in [0.15, 0.2) is 146 Å². The van der Waals surface area contributed by atoms with Crippen molar-refractivity contribution >= 4 is 5.78 Å². The van der Waals surface area contributed by atoms with Gasteiger partial charge in [-0.2, -0.15) is 0 Å². The van der Waals surface area contributed by atoms with E-state index in [-0.39, 0.29) is 5.78 Å². The molecular weight excluding hydrogens is 516 g/mol. The molecule has 6 aromatic rings. The molecule has 0 saturated heterocycles. The lowest BCUT2D eigenvalue weighted by atomic mass is 10.0. The van der Waals surface area contributed by atoms with E-state index in [1.54, 1.807) is 24.3 Å². The third kappa shape index (κ3) is 6.32. The summed E-state index contributed by atoms with van der Waals surface area (Å²) in [5.74, 6) is 2.77. The van der Waals surface area contributed by atoms with Crippen molar-refractivity contribution < 1.29 is 14.3 Å². The Morgan fingerprint density at radius 3 is 0.881 bits per heavy atom. The summed E-state index contributed by atoms with van der Waals surface area (Å²) in [5, 5.41) is 0. The van der Waals surface area contributed by atoms with Crippen molar-refractivity contribution in [2.75, 3.05) is 0 Å². The molecule has 0 aromatic heterocycles. The highest BCUT2D eigenvalue weighted by atomic mass is 16.5. The maximum Gasteiger partial charge on any atom is 0.193 e. The van der Waals surface area contributed by atoms with E-state index in [2.05, 4.69) is 62.4 Å². The van der Waals surface area contributed by atoms with Gasteiger partial charge in [0, 0.05) is 11.1 Å². The van der Waals surface area contributed by atoms with Crippen molar-refractivity contribution in [2.45, 2.75) is 13.8 Å². The summed E-state index contributed by atoms with van der Waals surface area (Å²) in [6.07, 6.45) is 0. The number of benzene rings is 6. The van der Waals surface area contributed by atoms with E-state index in [0.29, 0.717) is 22.6 Å². The van der Waals surface area contributed by atoms with Gasteiger partial charge in [0.2, 0.25) is 0 Å². The average Bonchev–Trinajstić information content (AvgIpc) is 3.03. The highest BCUT2D eigenvalue weighted by molar-refractivity contribution is 6.09. The lowest BCUT2D eigenvalue weighted by Gasteiger charge is -2.09. The predicted molar refractivity (Wildman–Crippen MR) is 170 cm³/mol. The first-order valence-corrected chi connectivity index (χ1v) is 13.9. The van der Waals surface area contributed by atoms with Gasteiger partial charge in [-0.15, -0.1) is 0 Å². The van der Waals surface area contributed by atoms with Gasteiger partial charge < -0.3 is 9.47 Å². The lowest BCUT2D eigenvalue weighted by Crippen LogP contribution is -2.01. The number of ketones is 1. The summed E-state index contributed by atoms with van der Waals surface area (Å²) in [6.45, 7) is 4.16. The third-order valence-corrected chi connectivity index (χ3v) is 7.18. The van der Waals surface area contributed by atoms with Gasteiger partial charge in [-0.05, 0) is 109 Å². The molecule has 0 aliphatic rings. The summed E-state index contributed by atoms with van der Waals surface area (Å²) in [4.78, 5) is 13.1. The van der Waals surface area contributed by atoms with Crippen LogP contribution in [0.4, 0.5) is 0 Å². The van der Waals surface area contributed by atoms with Crippen LogP contribution >= 0.6 is 0 Å². The van der Waals surface area contributed by atoms with E-state index >= 15 is 0 Å². The molecule has 3 heteroatoms. The van der Waals surface area contributed by atoms with E-state index in [4.69, 9.17) is 9.47 Å². The summed E-state index contributed by atoms with van der Waals surface area (Å²) in [7, 11) is 0. The molecule has 0 atom stereocenters. The Morgan fingerprint density at radius 2 is 0.595 bits per heavy atom. The molecule has 0 fully saturated rings. The lowest BCUT2D eigenvalue weighted by molar-refractivity contribution is 0.103. The molecule has 0 radical (unpaired) electrons. The zero-order valence-corrected chi connectivity index (χ0v) is 23.6. The first-order valence-electron chi connectivity index (χ1n) is 13.9. The Labute approximate surface area is 246 Å². The summed E-state index contributed by atoms with van der Waals surface area (Å²) >= 11 is 0. The van der Waals surface area contributed by atoms with Gasteiger partial charge >= 0.3 is 0 Å². The Hall–Kier alpha value is -5.41. The maximum atomic E-state index is 13.1. The molecule has 3 nitrogen and oxygen atoms in total. The standard InChI is InChI=1S/C39H30O3/c1-27-3-7-29(8-4-27)31-11-19-35(20-12-31)41-37-23-15-33(16-24-37)39(40)34-17-25-38(26-18-34)42-36-21-13-32(14-22-36)30-9-5-28(2)6-10-30/h3-26H,1-2H3. The molecule has 42 heavy (non-hydrogen) atoms. The molecule has 0 aliphatic carbocycles. The van der Waals surface area contributed by atoms with Crippen LogP contribution in [0.1, 0.15) is 27.0 Å². The number of ether oxygens (including phenoxy) is 2. The van der Waals surface area contributed by atoms with Crippen molar-refractivity contribution in [3.05, 3.63) is 168 Å². The molecule has 0 amide bonds. The van der Waals surface area contributed by atoms with Crippen LogP contribution in [0.5, 0.6) is 23.0 Å². The van der Waals surface area contributed by atoms with Gasteiger partial charge in [0.25, 0.3) is 0 Å². The van der Waals surface area contributed by atoms with E-state index < -0.39 is 0 Å². The average molecular weight is 547 g/mol. The maximum absolute atomic E-state index is 13.1. The Morgan fingerprint density at radius 1 is 0.357 bits per heavy atom. The molecular formula is C39H30O3. The molecule has 204 valence electrons. The SMILES string of the molecule is Cc1ccc(-c2ccc(Oc3ccc(C(=O)c4ccc(Oc5ccc(-c6ccc(C)cc6)cc5)cc4)cc3)cc2)cc1. The second-order valence-corrected chi connectivity index (χ2v) is 10.4. The quantitative estimate of drug-likeness (QED) is 0.178. The van der Waals surface area contributed by atoms with Crippen molar-refractivity contribution in [1.29, 1.82) is 0 Å². The van der Waals surface area contributed by atoms with Crippen molar-refractivity contribution in [3.8, 4) is 45.3 Å². The molecule has 0 N–H and O–H groups in total. The van der Waals surface area contributed by atoms with Crippen LogP contribution in [-0.2, 0) is 0 Å². The summed E-state index contributed by atoms with van der Waals surface area (Å²) < 4.78 is 12.0. The topological polar surface area (TPSA) is 35.5 Å². The molecule has 0 saturated carbocycles. The molecule has 0 unspecified atom stereocenters. The van der Waals surface area contributed by atoms with Gasteiger partial charge in [-0.25, -0.2) is 0 Å². The number of rotatable bonds is 8. The van der Waals surface area contributed by atoms with Crippen LogP contribution < -0.4 is 9.47 Å². The van der Waals surface area contributed by atoms with Gasteiger partial charge in [-0.3, -0.25) is 4.79 Å². The van der Waals surface area contributed by atoms with Crippen molar-refractivity contribution in [3.63, 3.8) is 0 Å². The van der Waals surface area contributed by atoms with Gasteiger partial charge in [0.1, 0.15) is 23.0 Å². The second-order valence-electron chi connectivity index (χ2n) is 10.4. The zero-order chi connectivity index (χ0) is 28.9. The predicted octanol–water partition coefficient (Wildman–Crippen LogP) is 10.5. The molecule has 0 spiro atoms. The Balaban J connectivity index is 1.06. The van der Waals surface area contributed by atoms with Gasteiger partial charge in [0.05, 0.1) is 0 Å². The Bertz CT molecular complexity index is 1650. The first-order chi connectivity index (χ1) is 20.5. The van der Waals surface area contributed by atoms with Crippen LogP contribution in [-0.4, -0.2) is 5.78 Å². The highest BCUT2D eigenvalue weighted by Gasteiger charge is 2.10. The second kappa shape index (κ2) is 12.0. The number of hydrogen-bond acceptors (Lipinski definition) is 3. The van der Waals surface area contributed by atoms with Crippen LogP contribution in [0, 0.1) is 13.8 Å². The summed E-state index contributed by atoms with van der Waals surface area (Å²) in [6, 6.07) is 47.3. The fourth-order valence-electron chi connectivity index (χ4n) is 4.71. The van der Waals surface area contributed by atoms with Crippen molar-refractivity contribution in [2.24, 2.45) is 0 Å².